The Morgan fingerprint density at radius 1 is 1.07 bits per heavy atom. The Morgan fingerprint density at radius 3 is 2.50 bits per heavy atom. The van der Waals surface area contributed by atoms with Crippen molar-refractivity contribution in [2.75, 3.05) is 18.0 Å². The third kappa shape index (κ3) is 4.45. The molecule has 0 saturated carbocycles. The first-order valence-electron chi connectivity index (χ1n) is 10.4. The molecule has 1 fully saturated rings. The summed E-state index contributed by atoms with van der Waals surface area (Å²) in [6, 6.07) is 16.0. The number of hydrogen-bond acceptors (Lipinski definition) is 4. The average molecular weight is 405 g/mol. The van der Waals surface area contributed by atoms with Crippen molar-refractivity contribution in [1.29, 1.82) is 0 Å². The normalized spacial score (nSPS) is 14.5. The SMILES string of the molecule is Cc1nn(-c2ccccc2)c(C)c1CNC(=O)NC1CCN(c2ccccn2)CC1. The van der Waals surface area contributed by atoms with Gasteiger partial charge in [-0.2, -0.15) is 5.10 Å². The van der Waals surface area contributed by atoms with Crippen LogP contribution in [0.4, 0.5) is 10.6 Å². The quantitative estimate of drug-likeness (QED) is 0.684. The number of carbonyl (C=O) groups is 1. The number of nitrogens with one attached hydrogen (secondary N) is 2. The van der Waals surface area contributed by atoms with Crippen LogP contribution in [0.3, 0.4) is 0 Å². The molecule has 1 saturated heterocycles. The third-order valence-electron chi connectivity index (χ3n) is 5.67. The van der Waals surface area contributed by atoms with E-state index >= 15 is 0 Å². The van der Waals surface area contributed by atoms with Crippen LogP contribution in [0.5, 0.6) is 0 Å². The van der Waals surface area contributed by atoms with E-state index in [4.69, 9.17) is 0 Å². The van der Waals surface area contributed by atoms with Crippen molar-refractivity contribution in [2.24, 2.45) is 0 Å². The van der Waals surface area contributed by atoms with E-state index in [2.05, 4.69) is 25.6 Å². The Kier molecular flexibility index (Phi) is 5.97. The zero-order valence-corrected chi connectivity index (χ0v) is 17.5. The monoisotopic (exact) mass is 404 g/mol. The summed E-state index contributed by atoms with van der Waals surface area (Å²) in [7, 11) is 0. The first-order valence-corrected chi connectivity index (χ1v) is 10.4. The first-order chi connectivity index (χ1) is 14.6. The van der Waals surface area contributed by atoms with Gasteiger partial charge in [-0.15, -0.1) is 0 Å². The molecule has 7 nitrogen and oxygen atoms in total. The maximum atomic E-state index is 12.5. The van der Waals surface area contributed by atoms with E-state index in [0.29, 0.717) is 6.54 Å². The fourth-order valence-corrected chi connectivity index (χ4v) is 3.95. The molecule has 2 aromatic heterocycles. The van der Waals surface area contributed by atoms with E-state index in [1.54, 1.807) is 0 Å². The lowest BCUT2D eigenvalue weighted by Gasteiger charge is -2.33. The summed E-state index contributed by atoms with van der Waals surface area (Å²) in [4.78, 5) is 19.1. The number of aryl methyl sites for hydroxylation is 1. The number of aromatic nitrogens is 3. The Morgan fingerprint density at radius 2 is 1.80 bits per heavy atom. The lowest BCUT2D eigenvalue weighted by molar-refractivity contribution is 0.234. The highest BCUT2D eigenvalue weighted by Gasteiger charge is 2.21. The molecule has 0 bridgehead atoms. The Hall–Kier alpha value is -3.35. The van der Waals surface area contributed by atoms with Crippen molar-refractivity contribution in [3.05, 3.63) is 71.7 Å². The molecule has 1 aliphatic rings. The van der Waals surface area contributed by atoms with Crippen LogP contribution in [-0.2, 0) is 6.54 Å². The van der Waals surface area contributed by atoms with E-state index < -0.39 is 0 Å². The minimum atomic E-state index is -0.127. The lowest BCUT2D eigenvalue weighted by Crippen LogP contribution is -2.48. The summed E-state index contributed by atoms with van der Waals surface area (Å²) in [5.74, 6) is 1.00. The predicted molar refractivity (Wildman–Crippen MR) is 118 cm³/mol. The van der Waals surface area contributed by atoms with Gasteiger partial charge in [-0.1, -0.05) is 24.3 Å². The van der Waals surface area contributed by atoms with Gasteiger partial charge in [0.1, 0.15) is 5.82 Å². The second-order valence-corrected chi connectivity index (χ2v) is 7.67. The van der Waals surface area contributed by atoms with E-state index in [1.165, 1.54) is 0 Å². The van der Waals surface area contributed by atoms with Crippen molar-refractivity contribution in [2.45, 2.75) is 39.3 Å². The van der Waals surface area contributed by atoms with Crippen molar-refractivity contribution in [1.82, 2.24) is 25.4 Å². The average Bonchev–Trinajstić information content (AvgIpc) is 3.07. The second-order valence-electron chi connectivity index (χ2n) is 7.67. The predicted octanol–water partition coefficient (Wildman–Crippen LogP) is 3.35. The molecular formula is C23H28N6O. The molecule has 1 aromatic carbocycles. The number of carbonyl (C=O) groups excluding carboxylic acids is 1. The van der Waals surface area contributed by atoms with Crippen LogP contribution in [0.25, 0.3) is 5.69 Å². The summed E-state index contributed by atoms with van der Waals surface area (Å²) < 4.78 is 1.93. The van der Waals surface area contributed by atoms with Gasteiger partial charge < -0.3 is 15.5 Å². The molecule has 156 valence electrons. The van der Waals surface area contributed by atoms with Gasteiger partial charge in [0.05, 0.1) is 11.4 Å². The Balaban J connectivity index is 1.29. The first kappa shape index (κ1) is 19.9. The Labute approximate surface area is 177 Å². The molecule has 7 heteroatoms. The fourth-order valence-electron chi connectivity index (χ4n) is 3.95. The van der Waals surface area contributed by atoms with Gasteiger partial charge in [-0.3, -0.25) is 0 Å². The number of rotatable bonds is 5. The number of benzene rings is 1. The van der Waals surface area contributed by atoms with Gasteiger partial charge in [0.15, 0.2) is 0 Å². The summed E-state index contributed by atoms with van der Waals surface area (Å²) >= 11 is 0. The molecule has 3 heterocycles. The van der Waals surface area contributed by atoms with Crippen molar-refractivity contribution >= 4 is 11.8 Å². The van der Waals surface area contributed by atoms with Crippen molar-refractivity contribution in [3.8, 4) is 5.69 Å². The third-order valence-corrected chi connectivity index (χ3v) is 5.67. The molecule has 30 heavy (non-hydrogen) atoms. The van der Waals surface area contributed by atoms with Gasteiger partial charge in [0.25, 0.3) is 0 Å². The van der Waals surface area contributed by atoms with Crippen LogP contribution in [0.15, 0.2) is 54.7 Å². The Bertz CT molecular complexity index is 978. The zero-order valence-electron chi connectivity index (χ0n) is 17.5. The molecule has 0 aliphatic carbocycles. The summed E-state index contributed by atoms with van der Waals surface area (Å²) in [5, 5.41) is 10.8. The number of amides is 2. The summed E-state index contributed by atoms with van der Waals surface area (Å²) in [6.45, 7) is 6.26. The molecule has 2 amide bonds. The molecule has 0 unspecified atom stereocenters. The maximum Gasteiger partial charge on any atom is 0.315 e. The molecule has 0 atom stereocenters. The van der Waals surface area contributed by atoms with E-state index in [0.717, 1.165) is 54.4 Å². The number of nitrogens with zero attached hydrogens (tertiary/aromatic N) is 4. The zero-order chi connectivity index (χ0) is 20.9. The van der Waals surface area contributed by atoms with Crippen LogP contribution in [-0.4, -0.2) is 39.9 Å². The van der Waals surface area contributed by atoms with Gasteiger partial charge in [-0.25, -0.2) is 14.5 Å². The van der Waals surface area contributed by atoms with Crippen LogP contribution in [0, 0.1) is 13.8 Å². The van der Waals surface area contributed by atoms with Crippen molar-refractivity contribution in [3.63, 3.8) is 0 Å². The molecule has 1 aliphatic heterocycles. The minimum Gasteiger partial charge on any atom is -0.356 e. The van der Waals surface area contributed by atoms with Crippen LogP contribution in [0.1, 0.15) is 29.8 Å². The van der Waals surface area contributed by atoms with Gasteiger partial charge >= 0.3 is 6.03 Å². The highest BCUT2D eigenvalue weighted by molar-refractivity contribution is 5.74. The second kappa shape index (κ2) is 8.98. The lowest BCUT2D eigenvalue weighted by atomic mass is 10.1. The molecule has 2 N–H and O–H groups in total. The van der Waals surface area contributed by atoms with Gasteiger partial charge in [0, 0.05) is 43.1 Å². The van der Waals surface area contributed by atoms with E-state index in [-0.39, 0.29) is 12.1 Å². The molecule has 4 rings (SSSR count). The highest BCUT2D eigenvalue weighted by Crippen LogP contribution is 2.19. The summed E-state index contributed by atoms with van der Waals surface area (Å²) in [5.41, 5.74) is 4.05. The molecule has 0 spiro atoms. The standard InChI is InChI=1S/C23H28N6O/c1-17-21(18(2)29(27-17)20-8-4-3-5-9-20)16-25-23(30)26-19-11-14-28(15-12-19)22-10-6-7-13-24-22/h3-10,13,19H,11-12,14-16H2,1-2H3,(H2,25,26,30). The maximum absolute atomic E-state index is 12.5. The number of hydrogen-bond donors (Lipinski definition) is 2. The molecule has 3 aromatic rings. The van der Waals surface area contributed by atoms with Crippen molar-refractivity contribution < 1.29 is 4.79 Å². The topological polar surface area (TPSA) is 75.1 Å². The number of piperidine rings is 1. The number of urea groups is 1. The van der Waals surface area contributed by atoms with E-state index in [1.807, 2.05) is 73.3 Å². The highest BCUT2D eigenvalue weighted by atomic mass is 16.2. The van der Waals surface area contributed by atoms with Crippen LogP contribution in [0.2, 0.25) is 0 Å². The van der Waals surface area contributed by atoms with Gasteiger partial charge in [-0.05, 0) is 51.0 Å². The number of para-hydroxylation sites is 1. The molecule has 0 radical (unpaired) electrons. The van der Waals surface area contributed by atoms with E-state index in [9.17, 15) is 4.79 Å². The fraction of sp³-hybridized carbons (Fsp3) is 0.348. The largest absolute Gasteiger partial charge is 0.356 e. The smallest absolute Gasteiger partial charge is 0.315 e. The van der Waals surface area contributed by atoms with Crippen LogP contribution >= 0.6 is 0 Å². The number of pyridine rings is 1. The van der Waals surface area contributed by atoms with Gasteiger partial charge in [0.2, 0.25) is 0 Å². The molecular weight excluding hydrogens is 376 g/mol. The minimum absolute atomic E-state index is 0.127. The number of anilines is 1. The van der Waals surface area contributed by atoms with Crippen LogP contribution < -0.4 is 15.5 Å². The summed E-state index contributed by atoms with van der Waals surface area (Å²) in [6.07, 6.45) is 3.64.